The molecular formula is C25H24N4O3. The van der Waals surface area contributed by atoms with Crippen LogP contribution in [0.1, 0.15) is 26.2 Å². The quantitative estimate of drug-likeness (QED) is 0.404. The van der Waals surface area contributed by atoms with E-state index in [1.54, 1.807) is 36.4 Å². The molecule has 0 spiro atoms. The Bertz CT molecular complexity index is 1070. The number of azo groups is 1. The number of benzene rings is 3. The topological polar surface area (TPSA) is 85.6 Å². The number of para-hydroxylation sites is 2. The number of carbonyl (C=O) groups is 2. The second-order valence-corrected chi connectivity index (χ2v) is 7.59. The van der Waals surface area contributed by atoms with Gasteiger partial charge in [0.2, 0.25) is 5.54 Å². The van der Waals surface area contributed by atoms with Crippen molar-refractivity contribution in [3.8, 4) is 5.75 Å². The predicted molar refractivity (Wildman–Crippen MR) is 123 cm³/mol. The number of phenolic OH excluding ortho intramolecular Hbond substituents is 1. The molecule has 0 saturated carbocycles. The van der Waals surface area contributed by atoms with Crippen molar-refractivity contribution in [2.75, 3.05) is 10.0 Å². The molecule has 0 bridgehead atoms. The van der Waals surface area contributed by atoms with Gasteiger partial charge in [0.05, 0.1) is 17.1 Å². The van der Waals surface area contributed by atoms with Crippen molar-refractivity contribution in [2.45, 2.75) is 31.7 Å². The first-order valence-electron chi connectivity index (χ1n) is 10.6. The van der Waals surface area contributed by atoms with Crippen LogP contribution in [0.4, 0.5) is 17.1 Å². The van der Waals surface area contributed by atoms with Gasteiger partial charge in [-0.1, -0.05) is 62.2 Å². The lowest BCUT2D eigenvalue weighted by Gasteiger charge is -2.27. The molecule has 0 radical (unpaired) electrons. The van der Waals surface area contributed by atoms with E-state index in [0.717, 1.165) is 6.42 Å². The summed E-state index contributed by atoms with van der Waals surface area (Å²) >= 11 is 0. The van der Waals surface area contributed by atoms with Crippen LogP contribution >= 0.6 is 0 Å². The number of anilines is 2. The standard InChI is InChI=1S/C25H24N4O3/c1-2-3-17-25(27-26-19-11-10-16-22(30)18-19)23(31)28(20-12-6-4-7-13-20)29(24(25)32)21-14-8-5-9-15-21/h4-16,18,30H,2-3,17H2,1H3. The summed E-state index contributed by atoms with van der Waals surface area (Å²) in [7, 11) is 0. The second kappa shape index (κ2) is 9.01. The third kappa shape index (κ3) is 3.85. The maximum absolute atomic E-state index is 13.9. The van der Waals surface area contributed by atoms with Crippen molar-refractivity contribution in [1.29, 1.82) is 0 Å². The Balaban J connectivity index is 1.85. The Hall–Kier alpha value is -4.00. The van der Waals surface area contributed by atoms with Crippen molar-refractivity contribution in [3.05, 3.63) is 84.9 Å². The van der Waals surface area contributed by atoms with Crippen LogP contribution in [0.5, 0.6) is 5.75 Å². The van der Waals surface area contributed by atoms with Crippen LogP contribution in [0.3, 0.4) is 0 Å². The zero-order chi connectivity index (χ0) is 22.6. The Morgan fingerprint density at radius 3 is 1.88 bits per heavy atom. The van der Waals surface area contributed by atoms with Gasteiger partial charge in [-0.05, 0) is 42.8 Å². The molecule has 2 amide bonds. The summed E-state index contributed by atoms with van der Waals surface area (Å²) in [5.74, 6) is -0.866. The third-order valence-electron chi connectivity index (χ3n) is 5.35. The van der Waals surface area contributed by atoms with E-state index in [4.69, 9.17) is 0 Å². The highest BCUT2D eigenvalue weighted by Gasteiger charge is 2.60. The number of unbranched alkanes of at least 4 members (excludes halogenated alkanes) is 1. The average molecular weight is 428 g/mol. The zero-order valence-electron chi connectivity index (χ0n) is 17.8. The van der Waals surface area contributed by atoms with Crippen LogP contribution in [0, 0.1) is 0 Å². The van der Waals surface area contributed by atoms with Crippen LogP contribution in [-0.2, 0) is 9.59 Å². The van der Waals surface area contributed by atoms with Crippen LogP contribution in [0.25, 0.3) is 0 Å². The van der Waals surface area contributed by atoms with Gasteiger partial charge in [0.1, 0.15) is 5.75 Å². The Kier molecular flexibility index (Phi) is 5.98. The van der Waals surface area contributed by atoms with E-state index in [1.165, 1.54) is 22.2 Å². The fourth-order valence-corrected chi connectivity index (χ4v) is 3.71. The van der Waals surface area contributed by atoms with Crippen LogP contribution < -0.4 is 10.0 Å². The summed E-state index contributed by atoms with van der Waals surface area (Å²) < 4.78 is 0. The molecule has 3 aromatic carbocycles. The molecule has 1 N–H and O–H groups in total. The van der Waals surface area contributed by atoms with Crippen molar-refractivity contribution in [1.82, 2.24) is 0 Å². The van der Waals surface area contributed by atoms with Gasteiger partial charge in [-0.3, -0.25) is 9.59 Å². The van der Waals surface area contributed by atoms with Gasteiger partial charge in [-0.2, -0.15) is 10.2 Å². The van der Waals surface area contributed by atoms with E-state index >= 15 is 0 Å². The van der Waals surface area contributed by atoms with E-state index in [2.05, 4.69) is 10.2 Å². The fourth-order valence-electron chi connectivity index (χ4n) is 3.71. The van der Waals surface area contributed by atoms with Crippen molar-refractivity contribution >= 4 is 28.9 Å². The molecular weight excluding hydrogens is 404 g/mol. The Morgan fingerprint density at radius 2 is 1.38 bits per heavy atom. The van der Waals surface area contributed by atoms with E-state index in [0.29, 0.717) is 23.5 Å². The molecule has 3 aromatic rings. The summed E-state index contributed by atoms with van der Waals surface area (Å²) in [6.45, 7) is 1.99. The number of nitrogens with zero attached hydrogens (tertiary/aromatic N) is 4. The highest BCUT2D eigenvalue weighted by atomic mass is 16.3. The number of amides is 2. The zero-order valence-corrected chi connectivity index (χ0v) is 17.8. The van der Waals surface area contributed by atoms with Gasteiger partial charge in [0, 0.05) is 6.07 Å². The molecule has 162 valence electrons. The summed E-state index contributed by atoms with van der Waals surface area (Å²) in [4.78, 5) is 27.8. The maximum atomic E-state index is 13.9. The fraction of sp³-hybridized carbons (Fsp3) is 0.200. The van der Waals surface area contributed by atoms with E-state index < -0.39 is 17.4 Å². The number of carbonyl (C=O) groups excluding carboxylic acids is 2. The largest absolute Gasteiger partial charge is 0.508 e. The normalized spacial score (nSPS) is 15.7. The molecule has 1 aliphatic heterocycles. The lowest BCUT2D eigenvalue weighted by Crippen LogP contribution is -2.42. The van der Waals surface area contributed by atoms with Crippen LogP contribution in [0.15, 0.2) is 95.2 Å². The molecule has 4 rings (SSSR count). The highest BCUT2D eigenvalue weighted by Crippen LogP contribution is 2.39. The number of hydrogen-bond acceptors (Lipinski definition) is 5. The minimum absolute atomic E-state index is 0.0324. The molecule has 0 atom stereocenters. The summed E-state index contributed by atoms with van der Waals surface area (Å²) in [6, 6.07) is 24.3. The van der Waals surface area contributed by atoms with Gasteiger partial charge in [-0.25, -0.2) is 10.0 Å². The first kappa shape index (κ1) is 21.2. The molecule has 7 nitrogen and oxygen atoms in total. The number of hydrogen-bond donors (Lipinski definition) is 1. The summed E-state index contributed by atoms with van der Waals surface area (Å²) in [5, 5.41) is 21.1. The first-order chi connectivity index (χ1) is 15.6. The van der Waals surface area contributed by atoms with E-state index in [1.807, 2.05) is 43.3 Å². The third-order valence-corrected chi connectivity index (χ3v) is 5.35. The minimum atomic E-state index is -1.69. The van der Waals surface area contributed by atoms with Gasteiger partial charge in [0.15, 0.2) is 0 Å². The molecule has 7 heteroatoms. The molecule has 1 aliphatic rings. The molecule has 32 heavy (non-hydrogen) atoms. The van der Waals surface area contributed by atoms with Gasteiger partial charge in [0.25, 0.3) is 11.8 Å². The monoisotopic (exact) mass is 428 g/mol. The van der Waals surface area contributed by atoms with Crippen molar-refractivity contribution < 1.29 is 14.7 Å². The lowest BCUT2D eigenvalue weighted by atomic mass is 9.92. The molecule has 1 heterocycles. The summed E-state index contributed by atoms with van der Waals surface area (Å²) in [6.07, 6.45) is 1.65. The first-order valence-corrected chi connectivity index (χ1v) is 10.6. The van der Waals surface area contributed by atoms with Gasteiger partial charge < -0.3 is 5.11 Å². The second-order valence-electron chi connectivity index (χ2n) is 7.59. The van der Waals surface area contributed by atoms with E-state index in [9.17, 15) is 14.7 Å². The number of aromatic hydroxyl groups is 1. The number of phenols is 1. The van der Waals surface area contributed by atoms with Crippen LogP contribution in [-0.4, -0.2) is 22.5 Å². The molecule has 0 aromatic heterocycles. The predicted octanol–water partition coefficient (Wildman–Crippen LogP) is 5.40. The Morgan fingerprint density at radius 1 is 0.812 bits per heavy atom. The Labute approximate surface area is 186 Å². The lowest BCUT2D eigenvalue weighted by molar-refractivity contribution is -0.129. The smallest absolute Gasteiger partial charge is 0.285 e. The summed E-state index contributed by atoms with van der Waals surface area (Å²) in [5.41, 5.74) is -0.181. The molecule has 1 fully saturated rings. The van der Waals surface area contributed by atoms with Gasteiger partial charge >= 0.3 is 0 Å². The SMILES string of the molecule is CCCCC1(N=Nc2cccc(O)c2)C(=O)N(c2ccccc2)N(c2ccccc2)C1=O. The van der Waals surface area contributed by atoms with Crippen molar-refractivity contribution in [2.24, 2.45) is 10.2 Å². The molecule has 0 unspecified atom stereocenters. The highest BCUT2D eigenvalue weighted by molar-refractivity contribution is 6.29. The number of hydrazine groups is 1. The molecule has 1 saturated heterocycles. The maximum Gasteiger partial charge on any atom is 0.285 e. The average Bonchev–Trinajstić information content (AvgIpc) is 3.04. The minimum Gasteiger partial charge on any atom is -0.508 e. The van der Waals surface area contributed by atoms with E-state index in [-0.39, 0.29) is 12.2 Å². The van der Waals surface area contributed by atoms with Crippen molar-refractivity contribution in [3.63, 3.8) is 0 Å². The van der Waals surface area contributed by atoms with Crippen LogP contribution in [0.2, 0.25) is 0 Å². The van der Waals surface area contributed by atoms with Gasteiger partial charge in [-0.15, -0.1) is 0 Å². The number of rotatable bonds is 7. The molecule has 0 aliphatic carbocycles.